The average molecular weight is 418 g/mol. The quantitative estimate of drug-likeness (QED) is 0.284. The molecule has 0 aliphatic rings. The highest BCUT2D eigenvalue weighted by Crippen LogP contribution is 2.20. The average Bonchev–Trinajstić information content (AvgIpc) is 2.42. The van der Waals surface area contributed by atoms with Crippen LogP contribution < -0.4 is 16.4 Å². The summed E-state index contributed by atoms with van der Waals surface area (Å²) >= 11 is 0. The number of nitrogens with zero attached hydrogens (tertiary/aromatic N) is 1. The van der Waals surface area contributed by atoms with E-state index in [9.17, 15) is 0 Å². The first kappa shape index (κ1) is 21.2. The highest BCUT2D eigenvalue weighted by molar-refractivity contribution is 14.0. The molecule has 0 fully saturated rings. The lowest BCUT2D eigenvalue weighted by molar-refractivity contribution is 0.433. The van der Waals surface area contributed by atoms with Crippen LogP contribution in [0.5, 0.6) is 0 Å². The third-order valence-corrected chi connectivity index (χ3v) is 3.41. The first-order chi connectivity index (χ1) is 9.81. The summed E-state index contributed by atoms with van der Waals surface area (Å²) in [6.45, 7) is 12.3. The van der Waals surface area contributed by atoms with E-state index in [0.29, 0.717) is 18.4 Å². The van der Waals surface area contributed by atoms with Gasteiger partial charge in [0.05, 0.1) is 6.54 Å². The smallest absolute Gasteiger partial charge is 0.193 e. The summed E-state index contributed by atoms with van der Waals surface area (Å²) < 4.78 is 0. The number of nitrogens with one attached hydrogen (secondary N) is 2. The molecule has 0 aliphatic carbocycles. The van der Waals surface area contributed by atoms with Gasteiger partial charge in [-0.2, -0.15) is 0 Å². The van der Waals surface area contributed by atoms with E-state index in [1.54, 1.807) is 0 Å². The van der Waals surface area contributed by atoms with Gasteiger partial charge in [-0.15, -0.1) is 24.0 Å². The van der Waals surface area contributed by atoms with Crippen molar-refractivity contribution < 1.29 is 0 Å². The summed E-state index contributed by atoms with van der Waals surface area (Å²) in [5.74, 6) is 1.05. The second-order valence-corrected chi connectivity index (χ2v) is 6.50. The van der Waals surface area contributed by atoms with E-state index in [-0.39, 0.29) is 29.5 Å². The summed E-state index contributed by atoms with van der Waals surface area (Å²) in [5.41, 5.74) is 8.34. The Morgan fingerprint density at radius 2 is 1.82 bits per heavy atom. The Balaban J connectivity index is 0.00000441. The van der Waals surface area contributed by atoms with Crippen molar-refractivity contribution in [2.75, 3.05) is 18.4 Å². The van der Waals surface area contributed by atoms with Crippen LogP contribution in [0.1, 0.15) is 52.5 Å². The highest BCUT2D eigenvalue weighted by Gasteiger charge is 2.07. The molecule has 0 amide bonds. The largest absolute Gasteiger partial charge is 0.370 e. The lowest BCUT2D eigenvalue weighted by atomic mass is 9.99. The first-order valence-corrected chi connectivity index (χ1v) is 7.73. The van der Waals surface area contributed by atoms with Gasteiger partial charge in [-0.1, -0.05) is 26.0 Å². The van der Waals surface area contributed by atoms with Crippen molar-refractivity contribution in [2.45, 2.75) is 52.5 Å². The van der Waals surface area contributed by atoms with Crippen molar-refractivity contribution >= 4 is 35.6 Å². The Morgan fingerprint density at radius 1 is 1.23 bits per heavy atom. The molecule has 0 aliphatic heterocycles. The van der Waals surface area contributed by atoms with E-state index in [2.05, 4.69) is 74.5 Å². The normalized spacial score (nSPS) is 13.4. The number of guanidine groups is 1. The summed E-state index contributed by atoms with van der Waals surface area (Å²) in [4.78, 5) is 4.32. The number of hydrogen-bond acceptors (Lipinski definition) is 2. The van der Waals surface area contributed by atoms with E-state index >= 15 is 0 Å². The molecule has 1 rings (SSSR count). The minimum atomic E-state index is 0. The molecule has 0 spiro atoms. The number of hydrogen-bond donors (Lipinski definition) is 3. The lowest BCUT2D eigenvalue weighted by Crippen LogP contribution is -2.37. The van der Waals surface area contributed by atoms with Crippen molar-refractivity contribution in [1.29, 1.82) is 0 Å². The molecule has 0 aromatic heterocycles. The second kappa shape index (κ2) is 10.0. The third-order valence-electron chi connectivity index (χ3n) is 3.41. The number of benzene rings is 1. The van der Waals surface area contributed by atoms with E-state index in [1.807, 2.05) is 0 Å². The van der Waals surface area contributed by atoms with Crippen molar-refractivity contribution in [2.24, 2.45) is 10.7 Å². The van der Waals surface area contributed by atoms with Crippen LogP contribution in [0, 0.1) is 0 Å². The molecule has 1 aromatic carbocycles. The minimum Gasteiger partial charge on any atom is -0.370 e. The number of nitrogens with two attached hydrogens (primary N) is 1. The zero-order valence-electron chi connectivity index (χ0n) is 14.4. The van der Waals surface area contributed by atoms with Crippen molar-refractivity contribution in [3.8, 4) is 0 Å². The molecule has 0 bridgehead atoms. The maximum absolute atomic E-state index is 5.89. The summed E-state index contributed by atoms with van der Waals surface area (Å²) in [6, 6.07) is 8.39. The van der Waals surface area contributed by atoms with Crippen LogP contribution >= 0.6 is 24.0 Å². The summed E-state index contributed by atoms with van der Waals surface area (Å²) in [7, 11) is 0. The second-order valence-electron chi connectivity index (χ2n) is 6.50. The van der Waals surface area contributed by atoms with Gasteiger partial charge in [-0.3, -0.25) is 4.99 Å². The Labute approximate surface area is 152 Å². The van der Waals surface area contributed by atoms with Crippen molar-refractivity contribution in [3.63, 3.8) is 0 Å². The van der Waals surface area contributed by atoms with Gasteiger partial charge in [0.2, 0.25) is 0 Å². The molecule has 0 radical (unpaired) electrons. The number of halogens is 1. The third kappa shape index (κ3) is 8.58. The van der Waals surface area contributed by atoms with E-state index in [0.717, 1.165) is 18.7 Å². The minimum absolute atomic E-state index is 0. The van der Waals surface area contributed by atoms with E-state index < -0.39 is 0 Å². The lowest BCUT2D eigenvalue weighted by Gasteiger charge is -2.19. The molecule has 4 N–H and O–H groups in total. The molecule has 1 atom stereocenters. The van der Waals surface area contributed by atoms with Gasteiger partial charge in [0.25, 0.3) is 0 Å². The molecular weight excluding hydrogens is 387 g/mol. The van der Waals surface area contributed by atoms with E-state index in [4.69, 9.17) is 5.73 Å². The van der Waals surface area contributed by atoms with Crippen LogP contribution in [0.3, 0.4) is 0 Å². The monoisotopic (exact) mass is 418 g/mol. The van der Waals surface area contributed by atoms with Crippen LogP contribution in [0.15, 0.2) is 29.3 Å². The van der Waals surface area contributed by atoms with Gasteiger partial charge in [0, 0.05) is 17.8 Å². The number of rotatable bonds is 6. The maximum atomic E-state index is 5.89. The zero-order chi connectivity index (χ0) is 15.9. The van der Waals surface area contributed by atoms with Crippen LogP contribution in [0.2, 0.25) is 0 Å². The Morgan fingerprint density at radius 3 is 2.32 bits per heavy atom. The molecule has 126 valence electrons. The SMILES string of the molecule is CCC(C)c1ccc(NC(N)=NCCNC(C)(C)C)cc1.I. The molecule has 0 saturated carbocycles. The molecule has 1 aromatic rings. The molecular formula is C17H31IN4. The fourth-order valence-electron chi connectivity index (χ4n) is 1.93. The fraction of sp³-hybridized carbons (Fsp3) is 0.588. The topological polar surface area (TPSA) is 62.4 Å². The van der Waals surface area contributed by atoms with Crippen LogP contribution in [0.25, 0.3) is 0 Å². The van der Waals surface area contributed by atoms with Gasteiger partial charge < -0.3 is 16.4 Å². The Kier molecular flexibility index (Phi) is 9.67. The molecule has 22 heavy (non-hydrogen) atoms. The van der Waals surface area contributed by atoms with Gasteiger partial charge >= 0.3 is 0 Å². The van der Waals surface area contributed by atoms with Gasteiger partial charge in [-0.05, 0) is 50.8 Å². The van der Waals surface area contributed by atoms with Gasteiger partial charge in [-0.25, -0.2) is 0 Å². The van der Waals surface area contributed by atoms with Gasteiger partial charge in [0.15, 0.2) is 5.96 Å². The Hall–Kier alpha value is -0.820. The van der Waals surface area contributed by atoms with Gasteiger partial charge in [0.1, 0.15) is 0 Å². The molecule has 5 heteroatoms. The molecule has 4 nitrogen and oxygen atoms in total. The number of aliphatic imine (C=N–C) groups is 1. The fourth-order valence-corrected chi connectivity index (χ4v) is 1.93. The molecule has 1 unspecified atom stereocenters. The van der Waals surface area contributed by atoms with E-state index in [1.165, 1.54) is 5.56 Å². The zero-order valence-corrected chi connectivity index (χ0v) is 16.8. The highest BCUT2D eigenvalue weighted by atomic mass is 127. The van der Waals surface area contributed by atoms with Crippen LogP contribution in [-0.2, 0) is 0 Å². The number of anilines is 1. The molecule has 0 heterocycles. The first-order valence-electron chi connectivity index (χ1n) is 7.73. The van der Waals surface area contributed by atoms with Crippen LogP contribution in [-0.4, -0.2) is 24.6 Å². The maximum Gasteiger partial charge on any atom is 0.193 e. The van der Waals surface area contributed by atoms with Crippen molar-refractivity contribution in [1.82, 2.24) is 5.32 Å². The Bertz CT molecular complexity index is 449. The standard InChI is InChI=1S/C17H30N4.HI/c1-6-13(2)14-7-9-15(10-8-14)21-16(18)19-11-12-20-17(3,4)5;/h7-10,13,20H,6,11-12H2,1-5H3,(H3,18,19,21);1H. The summed E-state index contributed by atoms with van der Waals surface area (Å²) in [6.07, 6.45) is 1.15. The van der Waals surface area contributed by atoms with Crippen LogP contribution in [0.4, 0.5) is 5.69 Å². The summed E-state index contributed by atoms with van der Waals surface area (Å²) in [5, 5.41) is 6.50. The predicted molar refractivity (Wildman–Crippen MR) is 108 cm³/mol. The predicted octanol–water partition coefficient (Wildman–Crippen LogP) is 3.93. The molecule has 0 saturated heterocycles. The van der Waals surface area contributed by atoms with Crippen molar-refractivity contribution in [3.05, 3.63) is 29.8 Å².